The summed E-state index contributed by atoms with van der Waals surface area (Å²) in [5.41, 5.74) is 7.00. The smallest absolute Gasteiger partial charge is 0.276 e. The summed E-state index contributed by atoms with van der Waals surface area (Å²) in [5.74, 6) is 0.980. The standard InChI is InChI=1S/C25H27N5O/c1-2-30-22-10-6-5-9-21(22)27-23(30)16-13-17-11-14-18(15-12-17)26-25(31)24-19-7-3-4-8-20(19)28-29-24/h5-6,9-12,14-15H,2-4,7-8,13,16H2,1H3,(H,26,31)(H,28,29). The number of benzene rings is 2. The average molecular weight is 414 g/mol. The zero-order chi connectivity index (χ0) is 21.2. The van der Waals surface area contributed by atoms with Gasteiger partial charge in [0.25, 0.3) is 5.91 Å². The van der Waals surface area contributed by atoms with Gasteiger partial charge in [-0.15, -0.1) is 0 Å². The van der Waals surface area contributed by atoms with E-state index in [1.54, 1.807) is 0 Å². The summed E-state index contributed by atoms with van der Waals surface area (Å²) in [6, 6.07) is 16.4. The van der Waals surface area contributed by atoms with Crippen molar-refractivity contribution in [1.29, 1.82) is 0 Å². The summed E-state index contributed by atoms with van der Waals surface area (Å²) in [6.45, 7) is 3.07. The van der Waals surface area contributed by atoms with Gasteiger partial charge in [-0.3, -0.25) is 9.89 Å². The molecule has 0 bridgehead atoms. The molecule has 2 heterocycles. The van der Waals surface area contributed by atoms with Crippen LogP contribution in [0.1, 0.15) is 52.9 Å². The maximum Gasteiger partial charge on any atom is 0.276 e. The fraction of sp³-hybridized carbons (Fsp3) is 0.320. The number of para-hydroxylation sites is 2. The maximum absolute atomic E-state index is 12.7. The molecule has 0 spiro atoms. The van der Waals surface area contributed by atoms with Crippen molar-refractivity contribution in [1.82, 2.24) is 19.7 Å². The van der Waals surface area contributed by atoms with Gasteiger partial charge >= 0.3 is 0 Å². The molecule has 4 aromatic rings. The van der Waals surface area contributed by atoms with Crippen LogP contribution < -0.4 is 5.32 Å². The lowest BCUT2D eigenvalue weighted by Gasteiger charge is -2.11. The van der Waals surface area contributed by atoms with Crippen LogP contribution in [0.3, 0.4) is 0 Å². The lowest BCUT2D eigenvalue weighted by atomic mass is 9.96. The van der Waals surface area contributed by atoms with E-state index in [2.05, 4.69) is 57.3 Å². The Hall–Kier alpha value is -3.41. The molecule has 0 saturated heterocycles. The third kappa shape index (κ3) is 3.85. The van der Waals surface area contributed by atoms with Crippen molar-refractivity contribution in [3.63, 3.8) is 0 Å². The van der Waals surface area contributed by atoms with Crippen LogP contribution in [0.25, 0.3) is 11.0 Å². The molecule has 2 aromatic carbocycles. The second kappa shape index (κ2) is 8.38. The van der Waals surface area contributed by atoms with Gasteiger partial charge in [0.1, 0.15) is 5.82 Å². The van der Waals surface area contributed by atoms with E-state index < -0.39 is 0 Å². The Balaban J connectivity index is 1.24. The number of carbonyl (C=O) groups excluding carboxylic acids is 1. The zero-order valence-electron chi connectivity index (χ0n) is 17.8. The van der Waals surface area contributed by atoms with Crippen LogP contribution in [-0.2, 0) is 32.2 Å². The molecular formula is C25H27N5O. The van der Waals surface area contributed by atoms with Crippen molar-refractivity contribution in [2.24, 2.45) is 0 Å². The Kier molecular flexibility index (Phi) is 5.28. The van der Waals surface area contributed by atoms with Crippen LogP contribution in [0.15, 0.2) is 48.5 Å². The number of aromatic amines is 1. The van der Waals surface area contributed by atoms with E-state index in [1.165, 1.54) is 11.1 Å². The fourth-order valence-electron chi connectivity index (χ4n) is 4.54. The predicted molar refractivity (Wildman–Crippen MR) is 122 cm³/mol. The number of aromatic nitrogens is 4. The number of nitrogens with one attached hydrogen (secondary N) is 2. The predicted octanol–water partition coefficient (Wildman–Crippen LogP) is 4.70. The molecule has 0 saturated carbocycles. The molecular weight excluding hydrogens is 386 g/mol. The van der Waals surface area contributed by atoms with Crippen molar-refractivity contribution in [2.75, 3.05) is 5.32 Å². The average Bonchev–Trinajstić information content (AvgIpc) is 3.39. The summed E-state index contributed by atoms with van der Waals surface area (Å²) in [4.78, 5) is 17.5. The number of imidazole rings is 1. The van der Waals surface area contributed by atoms with Crippen molar-refractivity contribution < 1.29 is 4.79 Å². The highest BCUT2D eigenvalue weighted by atomic mass is 16.1. The minimum absolute atomic E-state index is 0.135. The number of aryl methyl sites for hydroxylation is 4. The first-order valence-corrected chi connectivity index (χ1v) is 11.1. The van der Waals surface area contributed by atoms with Crippen LogP contribution in [0.2, 0.25) is 0 Å². The number of hydrogen-bond acceptors (Lipinski definition) is 3. The minimum Gasteiger partial charge on any atom is -0.328 e. The molecule has 0 radical (unpaired) electrons. The Morgan fingerprint density at radius 3 is 2.71 bits per heavy atom. The second-order valence-corrected chi connectivity index (χ2v) is 8.15. The van der Waals surface area contributed by atoms with E-state index in [9.17, 15) is 4.79 Å². The maximum atomic E-state index is 12.7. The van der Waals surface area contributed by atoms with Gasteiger partial charge in [0.2, 0.25) is 0 Å². The van der Waals surface area contributed by atoms with E-state index in [0.29, 0.717) is 5.69 Å². The molecule has 2 aromatic heterocycles. The highest BCUT2D eigenvalue weighted by Crippen LogP contribution is 2.23. The summed E-state index contributed by atoms with van der Waals surface area (Å²) in [7, 11) is 0. The molecule has 31 heavy (non-hydrogen) atoms. The molecule has 2 N–H and O–H groups in total. The normalized spacial score (nSPS) is 13.3. The van der Waals surface area contributed by atoms with E-state index >= 15 is 0 Å². The second-order valence-electron chi connectivity index (χ2n) is 8.15. The molecule has 1 aliphatic rings. The third-order valence-corrected chi connectivity index (χ3v) is 6.17. The van der Waals surface area contributed by atoms with Gasteiger partial charge < -0.3 is 9.88 Å². The minimum atomic E-state index is -0.135. The summed E-state index contributed by atoms with van der Waals surface area (Å²) < 4.78 is 2.29. The quantitative estimate of drug-likeness (QED) is 0.481. The van der Waals surface area contributed by atoms with Crippen LogP contribution >= 0.6 is 0 Å². The molecule has 0 atom stereocenters. The monoisotopic (exact) mass is 413 g/mol. The molecule has 158 valence electrons. The molecule has 0 fully saturated rings. The summed E-state index contributed by atoms with van der Waals surface area (Å²) in [6.07, 6.45) is 5.98. The molecule has 6 heteroatoms. The molecule has 0 aliphatic heterocycles. The van der Waals surface area contributed by atoms with Crippen molar-refractivity contribution in [3.8, 4) is 0 Å². The number of carbonyl (C=O) groups is 1. The lowest BCUT2D eigenvalue weighted by Crippen LogP contribution is -2.15. The molecule has 1 aliphatic carbocycles. The van der Waals surface area contributed by atoms with Gasteiger partial charge in [-0.25, -0.2) is 4.98 Å². The van der Waals surface area contributed by atoms with Crippen LogP contribution in [-0.4, -0.2) is 25.7 Å². The number of fused-ring (bicyclic) bond motifs is 2. The fourth-order valence-corrected chi connectivity index (χ4v) is 4.54. The van der Waals surface area contributed by atoms with Gasteiger partial charge in [0.05, 0.1) is 11.0 Å². The number of rotatable bonds is 6. The van der Waals surface area contributed by atoms with E-state index in [-0.39, 0.29) is 5.91 Å². The Labute approximate surface area is 181 Å². The van der Waals surface area contributed by atoms with Crippen molar-refractivity contribution in [3.05, 3.63) is 76.9 Å². The molecule has 6 nitrogen and oxygen atoms in total. The highest BCUT2D eigenvalue weighted by Gasteiger charge is 2.21. The number of H-pyrrole nitrogens is 1. The first-order chi connectivity index (χ1) is 15.2. The summed E-state index contributed by atoms with van der Waals surface area (Å²) in [5, 5.41) is 10.3. The van der Waals surface area contributed by atoms with E-state index in [1.807, 2.05) is 18.2 Å². The first kappa shape index (κ1) is 19.5. The Morgan fingerprint density at radius 1 is 1.06 bits per heavy atom. The van der Waals surface area contributed by atoms with Gasteiger partial charge in [-0.1, -0.05) is 24.3 Å². The van der Waals surface area contributed by atoms with Gasteiger partial charge in [0, 0.05) is 29.9 Å². The SMILES string of the molecule is CCn1c(CCc2ccc(NC(=O)c3n[nH]c4c3CCCC4)cc2)nc2ccccc21. The van der Waals surface area contributed by atoms with Crippen molar-refractivity contribution in [2.45, 2.75) is 52.0 Å². The molecule has 5 rings (SSSR count). The number of anilines is 1. The van der Waals surface area contributed by atoms with Gasteiger partial charge in [0.15, 0.2) is 5.69 Å². The van der Waals surface area contributed by atoms with Gasteiger partial charge in [-0.2, -0.15) is 5.10 Å². The van der Waals surface area contributed by atoms with E-state index in [0.717, 1.165) is 73.4 Å². The highest BCUT2D eigenvalue weighted by molar-refractivity contribution is 6.04. The lowest BCUT2D eigenvalue weighted by molar-refractivity contribution is 0.102. The largest absolute Gasteiger partial charge is 0.328 e. The van der Waals surface area contributed by atoms with Crippen LogP contribution in [0.5, 0.6) is 0 Å². The number of hydrogen-bond donors (Lipinski definition) is 2. The van der Waals surface area contributed by atoms with Crippen LogP contribution in [0, 0.1) is 0 Å². The zero-order valence-corrected chi connectivity index (χ0v) is 17.8. The van der Waals surface area contributed by atoms with Crippen LogP contribution in [0.4, 0.5) is 5.69 Å². The third-order valence-electron chi connectivity index (χ3n) is 6.17. The van der Waals surface area contributed by atoms with E-state index in [4.69, 9.17) is 4.98 Å². The molecule has 1 amide bonds. The summed E-state index contributed by atoms with van der Waals surface area (Å²) >= 11 is 0. The topological polar surface area (TPSA) is 75.6 Å². The van der Waals surface area contributed by atoms with Gasteiger partial charge in [-0.05, 0) is 68.9 Å². The number of nitrogens with zero attached hydrogens (tertiary/aromatic N) is 3. The first-order valence-electron chi connectivity index (χ1n) is 11.1. The number of amides is 1. The van der Waals surface area contributed by atoms with Crippen molar-refractivity contribution >= 4 is 22.6 Å². The Morgan fingerprint density at radius 2 is 1.87 bits per heavy atom. The Bertz CT molecular complexity index is 1220. The molecule has 0 unspecified atom stereocenters.